The number of aliphatic hydroxyl groups excluding tert-OH is 1. The van der Waals surface area contributed by atoms with Gasteiger partial charge in [0, 0.05) is 20.6 Å². The van der Waals surface area contributed by atoms with Crippen LogP contribution >= 0.6 is 0 Å². The van der Waals surface area contributed by atoms with E-state index in [1.165, 1.54) is 30.1 Å². The van der Waals surface area contributed by atoms with Crippen LogP contribution < -0.4 is 16.6 Å². The van der Waals surface area contributed by atoms with Crippen molar-refractivity contribution >= 4 is 11.2 Å². The van der Waals surface area contributed by atoms with Crippen molar-refractivity contribution in [3.63, 3.8) is 0 Å². The van der Waals surface area contributed by atoms with Gasteiger partial charge in [-0.1, -0.05) is 6.07 Å². The molecule has 10 nitrogen and oxygen atoms in total. The first kappa shape index (κ1) is 19.6. The third kappa shape index (κ3) is 3.78. The van der Waals surface area contributed by atoms with Gasteiger partial charge < -0.3 is 25.2 Å². The SMILES string of the molecule is Cn1c(=O)c2c(ncn2CC(O)CNCCc2ccc(O)c(O)c2)n(C)c1=O. The van der Waals surface area contributed by atoms with E-state index in [2.05, 4.69) is 10.3 Å². The number of phenolic OH excluding ortho intramolecular Hbond substituents is 2. The monoisotopic (exact) mass is 389 g/mol. The number of aromatic nitrogens is 4. The van der Waals surface area contributed by atoms with Crippen LogP contribution in [0.5, 0.6) is 11.5 Å². The topological polar surface area (TPSA) is 135 Å². The molecule has 150 valence electrons. The van der Waals surface area contributed by atoms with Crippen molar-refractivity contribution in [3.8, 4) is 11.5 Å². The van der Waals surface area contributed by atoms with Crippen LogP contribution in [-0.4, -0.2) is 53.2 Å². The third-order valence-corrected chi connectivity index (χ3v) is 4.63. The van der Waals surface area contributed by atoms with Crippen molar-refractivity contribution in [3.05, 3.63) is 50.9 Å². The van der Waals surface area contributed by atoms with Gasteiger partial charge in [-0.2, -0.15) is 0 Å². The number of benzene rings is 1. The molecule has 0 aliphatic rings. The van der Waals surface area contributed by atoms with Gasteiger partial charge in [-0.05, 0) is 30.7 Å². The van der Waals surface area contributed by atoms with Crippen molar-refractivity contribution in [1.82, 2.24) is 24.0 Å². The first-order valence-electron chi connectivity index (χ1n) is 8.80. The molecule has 2 aromatic heterocycles. The minimum Gasteiger partial charge on any atom is -0.504 e. The van der Waals surface area contributed by atoms with Gasteiger partial charge in [0.05, 0.1) is 19.0 Å². The summed E-state index contributed by atoms with van der Waals surface area (Å²) in [5.41, 5.74) is 0.485. The van der Waals surface area contributed by atoms with Crippen LogP contribution in [0.25, 0.3) is 11.2 Å². The summed E-state index contributed by atoms with van der Waals surface area (Å²) < 4.78 is 3.85. The Morgan fingerprint density at radius 2 is 1.89 bits per heavy atom. The minimum absolute atomic E-state index is 0.150. The first-order valence-corrected chi connectivity index (χ1v) is 8.80. The molecule has 0 saturated heterocycles. The van der Waals surface area contributed by atoms with Crippen LogP contribution in [0.3, 0.4) is 0 Å². The molecule has 0 fully saturated rings. The molecule has 0 aliphatic carbocycles. The van der Waals surface area contributed by atoms with E-state index < -0.39 is 17.4 Å². The van der Waals surface area contributed by atoms with E-state index in [9.17, 15) is 24.9 Å². The van der Waals surface area contributed by atoms with Crippen LogP contribution in [0.4, 0.5) is 0 Å². The van der Waals surface area contributed by atoms with Gasteiger partial charge in [0.25, 0.3) is 5.56 Å². The lowest BCUT2D eigenvalue weighted by atomic mass is 10.1. The molecule has 0 saturated carbocycles. The summed E-state index contributed by atoms with van der Waals surface area (Å²) in [7, 11) is 2.95. The number of nitrogens with zero attached hydrogens (tertiary/aromatic N) is 4. The fourth-order valence-electron chi connectivity index (χ4n) is 3.05. The Morgan fingerprint density at radius 1 is 1.14 bits per heavy atom. The number of aliphatic hydroxyl groups is 1. The smallest absolute Gasteiger partial charge is 0.332 e. The zero-order valence-electron chi connectivity index (χ0n) is 15.7. The molecule has 28 heavy (non-hydrogen) atoms. The van der Waals surface area contributed by atoms with Gasteiger partial charge in [-0.3, -0.25) is 13.9 Å². The first-order chi connectivity index (χ1) is 13.3. The second-order valence-corrected chi connectivity index (χ2v) is 6.71. The van der Waals surface area contributed by atoms with E-state index in [4.69, 9.17) is 0 Å². The van der Waals surface area contributed by atoms with Gasteiger partial charge in [0.2, 0.25) is 0 Å². The average molecular weight is 389 g/mol. The number of hydrogen-bond donors (Lipinski definition) is 4. The van der Waals surface area contributed by atoms with E-state index in [0.717, 1.165) is 10.1 Å². The van der Waals surface area contributed by atoms with E-state index >= 15 is 0 Å². The lowest BCUT2D eigenvalue weighted by Gasteiger charge is -2.13. The zero-order chi connectivity index (χ0) is 20.4. The van der Waals surface area contributed by atoms with Gasteiger partial charge >= 0.3 is 5.69 Å². The number of imidazole rings is 1. The van der Waals surface area contributed by atoms with Gasteiger partial charge in [0.15, 0.2) is 22.7 Å². The van der Waals surface area contributed by atoms with Crippen molar-refractivity contribution in [2.45, 2.75) is 19.1 Å². The van der Waals surface area contributed by atoms with Gasteiger partial charge in [-0.25, -0.2) is 9.78 Å². The second-order valence-electron chi connectivity index (χ2n) is 6.71. The van der Waals surface area contributed by atoms with E-state index in [1.807, 2.05) is 0 Å². The summed E-state index contributed by atoms with van der Waals surface area (Å²) >= 11 is 0. The Bertz CT molecular complexity index is 1110. The lowest BCUT2D eigenvalue weighted by Crippen LogP contribution is -2.38. The number of phenols is 2. The minimum atomic E-state index is -0.771. The maximum Gasteiger partial charge on any atom is 0.332 e. The molecule has 0 bridgehead atoms. The molecule has 0 spiro atoms. The Labute approximate surface area is 159 Å². The van der Waals surface area contributed by atoms with Crippen LogP contribution in [-0.2, 0) is 27.1 Å². The molecule has 1 unspecified atom stereocenters. The Morgan fingerprint density at radius 3 is 2.61 bits per heavy atom. The second kappa shape index (κ2) is 7.87. The number of rotatable bonds is 7. The predicted octanol–water partition coefficient (Wildman–Crippen LogP) is -0.962. The summed E-state index contributed by atoms with van der Waals surface area (Å²) in [5, 5.41) is 32.2. The maximum atomic E-state index is 12.4. The van der Waals surface area contributed by atoms with Crippen LogP contribution in [0.2, 0.25) is 0 Å². The predicted molar refractivity (Wildman–Crippen MR) is 103 cm³/mol. The summed E-state index contributed by atoms with van der Waals surface area (Å²) in [5.74, 6) is -0.330. The fourth-order valence-corrected chi connectivity index (χ4v) is 3.05. The molecule has 1 atom stereocenters. The molecule has 3 aromatic rings. The lowest BCUT2D eigenvalue weighted by molar-refractivity contribution is 0.153. The summed E-state index contributed by atoms with van der Waals surface area (Å²) in [4.78, 5) is 28.5. The standard InChI is InChI=1S/C18H23N5O5/c1-21-16-15(17(27)22(2)18(21)28)23(10-20-16)9-12(24)8-19-6-5-11-3-4-13(25)14(26)7-11/h3-4,7,10,12,19,24-26H,5-6,8-9H2,1-2H3. The largest absolute Gasteiger partial charge is 0.504 e. The molecular formula is C18H23N5O5. The highest BCUT2D eigenvalue weighted by Crippen LogP contribution is 2.24. The number of fused-ring (bicyclic) bond motifs is 1. The fraction of sp³-hybridized carbons (Fsp3) is 0.389. The molecule has 2 heterocycles. The van der Waals surface area contributed by atoms with Crippen LogP contribution in [0, 0.1) is 0 Å². The number of hydrogen-bond acceptors (Lipinski definition) is 7. The normalized spacial score (nSPS) is 12.5. The number of aryl methyl sites for hydroxylation is 1. The molecule has 0 radical (unpaired) electrons. The van der Waals surface area contributed by atoms with Crippen molar-refractivity contribution in [2.75, 3.05) is 13.1 Å². The summed E-state index contributed by atoms with van der Waals surface area (Å²) in [6, 6.07) is 4.63. The van der Waals surface area contributed by atoms with Crippen molar-refractivity contribution in [2.24, 2.45) is 14.1 Å². The Hall–Kier alpha value is -3.11. The van der Waals surface area contributed by atoms with Crippen molar-refractivity contribution < 1.29 is 15.3 Å². The van der Waals surface area contributed by atoms with E-state index in [1.54, 1.807) is 17.7 Å². The summed E-state index contributed by atoms with van der Waals surface area (Å²) in [6.07, 6.45) is 1.28. The molecule has 10 heteroatoms. The molecular weight excluding hydrogens is 366 g/mol. The highest BCUT2D eigenvalue weighted by atomic mass is 16.3. The molecule has 1 aromatic carbocycles. The van der Waals surface area contributed by atoms with Gasteiger partial charge in [-0.15, -0.1) is 0 Å². The van der Waals surface area contributed by atoms with Crippen LogP contribution in [0.1, 0.15) is 5.56 Å². The van der Waals surface area contributed by atoms with Crippen LogP contribution in [0.15, 0.2) is 34.1 Å². The number of aromatic hydroxyl groups is 2. The Kier molecular flexibility index (Phi) is 5.52. The van der Waals surface area contributed by atoms with Gasteiger partial charge in [0.1, 0.15) is 0 Å². The third-order valence-electron chi connectivity index (χ3n) is 4.63. The highest BCUT2D eigenvalue weighted by molar-refractivity contribution is 5.69. The molecule has 3 rings (SSSR count). The molecule has 0 aliphatic heterocycles. The zero-order valence-corrected chi connectivity index (χ0v) is 15.7. The van der Waals surface area contributed by atoms with E-state index in [-0.39, 0.29) is 35.8 Å². The average Bonchev–Trinajstić information content (AvgIpc) is 3.08. The quantitative estimate of drug-likeness (QED) is 0.302. The van der Waals surface area contributed by atoms with E-state index in [0.29, 0.717) is 13.0 Å². The molecule has 0 amide bonds. The number of nitrogens with one attached hydrogen (secondary N) is 1. The van der Waals surface area contributed by atoms with Crippen molar-refractivity contribution in [1.29, 1.82) is 0 Å². The maximum absolute atomic E-state index is 12.4. The molecule has 4 N–H and O–H groups in total. The highest BCUT2D eigenvalue weighted by Gasteiger charge is 2.16. The Balaban J connectivity index is 1.61. The summed E-state index contributed by atoms with van der Waals surface area (Å²) in [6.45, 7) is 0.995.